The number of rotatable bonds is 6. The Morgan fingerprint density at radius 2 is 2.07 bits per heavy atom. The summed E-state index contributed by atoms with van der Waals surface area (Å²) in [6, 6.07) is 0.856. The molecule has 1 fully saturated rings. The van der Waals surface area contributed by atoms with Gasteiger partial charge in [0.05, 0.1) is 0 Å². The minimum absolute atomic E-state index is 0.797. The lowest BCUT2D eigenvalue weighted by atomic mass is 9.78. The van der Waals surface area contributed by atoms with Gasteiger partial charge in [-0.15, -0.1) is 0 Å². The molecule has 0 amide bonds. The average molecular weight is 198 g/mol. The Bertz CT molecular complexity index is 156. The van der Waals surface area contributed by atoms with Crippen LogP contribution >= 0.6 is 0 Å². The van der Waals surface area contributed by atoms with Gasteiger partial charge in [0, 0.05) is 12.6 Å². The van der Waals surface area contributed by atoms with Crippen molar-refractivity contribution in [2.75, 3.05) is 26.7 Å². The van der Waals surface area contributed by atoms with Crippen molar-refractivity contribution in [1.29, 1.82) is 0 Å². The monoisotopic (exact) mass is 198 g/mol. The highest BCUT2D eigenvalue weighted by molar-refractivity contribution is 4.89. The molecule has 0 aromatic carbocycles. The van der Waals surface area contributed by atoms with Crippen LogP contribution in [0.1, 0.15) is 33.6 Å². The highest BCUT2D eigenvalue weighted by atomic mass is 15.2. The summed E-state index contributed by atoms with van der Waals surface area (Å²) in [5.41, 5.74) is 0. The Kier molecular flexibility index (Phi) is 4.90. The van der Waals surface area contributed by atoms with Crippen LogP contribution < -0.4 is 5.32 Å². The zero-order chi connectivity index (χ0) is 10.6. The van der Waals surface area contributed by atoms with Gasteiger partial charge in [0.15, 0.2) is 0 Å². The quantitative estimate of drug-likeness (QED) is 0.702. The molecule has 0 aliphatic heterocycles. The van der Waals surface area contributed by atoms with Gasteiger partial charge in [0.25, 0.3) is 0 Å². The van der Waals surface area contributed by atoms with Crippen molar-refractivity contribution < 1.29 is 0 Å². The van der Waals surface area contributed by atoms with E-state index in [1.807, 2.05) is 0 Å². The molecule has 1 N–H and O–H groups in total. The molecule has 0 bridgehead atoms. The first-order valence-corrected chi connectivity index (χ1v) is 6.07. The van der Waals surface area contributed by atoms with E-state index in [1.54, 1.807) is 0 Å². The van der Waals surface area contributed by atoms with E-state index in [4.69, 9.17) is 0 Å². The van der Waals surface area contributed by atoms with Gasteiger partial charge in [-0.25, -0.2) is 0 Å². The van der Waals surface area contributed by atoms with E-state index < -0.39 is 0 Å². The average Bonchev–Trinajstić information content (AvgIpc) is 2.10. The maximum Gasteiger partial charge on any atom is 0.0136 e. The second kappa shape index (κ2) is 5.72. The lowest BCUT2D eigenvalue weighted by Gasteiger charge is -2.45. The van der Waals surface area contributed by atoms with Crippen molar-refractivity contribution in [3.05, 3.63) is 0 Å². The second-order valence-electron chi connectivity index (χ2n) is 4.94. The van der Waals surface area contributed by atoms with E-state index in [1.165, 1.54) is 32.5 Å². The number of hydrogen-bond acceptors (Lipinski definition) is 2. The first-order chi connectivity index (χ1) is 6.69. The molecule has 0 spiro atoms. The van der Waals surface area contributed by atoms with E-state index in [0.29, 0.717) is 0 Å². The van der Waals surface area contributed by atoms with Gasteiger partial charge >= 0.3 is 0 Å². The van der Waals surface area contributed by atoms with Gasteiger partial charge in [-0.05, 0) is 44.8 Å². The molecule has 0 heterocycles. The fourth-order valence-electron chi connectivity index (χ4n) is 2.50. The van der Waals surface area contributed by atoms with E-state index in [9.17, 15) is 0 Å². The highest BCUT2D eigenvalue weighted by Crippen LogP contribution is 2.31. The van der Waals surface area contributed by atoms with Gasteiger partial charge in [-0.2, -0.15) is 0 Å². The van der Waals surface area contributed by atoms with Gasteiger partial charge in [-0.1, -0.05) is 20.8 Å². The summed E-state index contributed by atoms with van der Waals surface area (Å²) in [7, 11) is 2.06. The van der Waals surface area contributed by atoms with E-state index in [0.717, 1.165) is 17.9 Å². The third kappa shape index (κ3) is 2.96. The lowest BCUT2D eigenvalue weighted by Crippen LogP contribution is -2.51. The zero-order valence-corrected chi connectivity index (χ0v) is 10.2. The third-order valence-corrected chi connectivity index (χ3v) is 3.32. The summed E-state index contributed by atoms with van der Waals surface area (Å²) in [4.78, 5) is 2.66. The minimum atomic E-state index is 0.797. The zero-order valence-electron chi connectivity index (χ0n) is 10.2. The van der Waals surface area contributed by atoms with Crippen LogP contribution in [0, 0.1) is 11.8 Å². The topological polar surface area (TPSA) is 15.3 Å². The molecule has 0 saturated heterocycles. The van der Waals surface area contributed by atoms with Gasteiger partial charge < -0.3 is 10.2 Å². The molecule has 0 aromatic heterocycles. The van der Waals surface area contributed by atoms with Crippen molar-refractivity contribution in [2.24, 2.45) is 11.8 Å². The van der Waals surface area contributed by atoms with Crippen LogP contribution in [0.15, 0.2) is 0 Å². The first kappa shape index (κ1) is 12.0. The van der Waals surface area contributed by atoms with Crippen molar-refractivity contribution in [2.45, 2.75) is 39.7 Å². The first-order valence-electron chi connectivity index (χ1n) is 6.07. The standard InChI is InChI=1S/C12H26N2/c1-5-14(9-10(2)3)12-7-6-11(12)8-13-4/h10-13H,5-9H2,1-4H3. The van der Waals surface area contributed by atoms with Crippen LogP contribution in [-0.2, 0) is 0 Å². The molecule has 1 aliphatic rings. The molecule has 1 aliphatic carbocycles. The molecule has 0 aromatic rings. The van der Waals surface area contributed by atoms with Crippen LogP contribution in [0.4, 0.5) is 0 Å². The minimum Gasteiger partial charge on any atom is -0.319 e. The molecule has 14 heavy (non-hydrogen) atoms. The summed E-state index contributed by atoms with van der Waals surface area (Å²) >= 11 is 0. The summed E-state index contributed by atoms with van der Waals surface area (Å²) in [5, 5.41) is 3.31. The lowest BCUT2D eigenvalue weighted by molar-refractivity contribution is 0.0579. The van der Waals surface area contributed by atoms with E-state index >= 15 is 0 Å². The van der Waals surface area contributed by atoms with E-state index in [2.05, 4.69) is 38.0 Å². The number of hydrogen-bond donors (Lipinski definition) is 1. The molecule has 2 heteroatoms. The predicted octanol–water partition coefficient (Wildman–Crippen LogP) is 1.96. The Balaban J connectivity index is 2.36. The molecular formula is C12H26N2. The Hall–Kier alpha value is -0.0800. The van der Waals surface area contributed by atoms with Crippen molar-refractivity contribution in [3.8, 4) is 0 Å². The summed E-state index contributed by atoms with van der Waals surface area (Å²) in [6.07, 6.45) is 2.83. The van der Waals surface area contributed by atoms with Crippen molar-refractivity contribution in [3.63, 3.8) is 0 Å². The number of nitrogens with zero attached hydrogens (tertiary/aromatic N) is 1. The Morgan fingerprint density at radius 1 is 1.36 bits per heavy atom. The number of nitrogens with one attached hydrogen (secondary N) is 1. The molecule has 2 nitrogen and oxygen atoms in total. The molecule has 2 atom stereocenters. The molecule has 1 saturated carbocycles. The molecular weight excluding hydrogens is 172 g/mol. The third-order valence-electron chi connectivity index (χ3n) is 3.32. The molecule has 84 valence electrons. The van der Waals surface area contributed by atoms with Crippen LogP contribution in [0.2, 0.25) is 0 Å². The maximum atomic E-state index is 3.31. The predicted molar refractivity (Wildman–Crippen MR) is 62.5 cm³/mol. The fourth-order valence-corrected chi connectivity index (χ4v) is 2.50. The second-order valence-corrected chi connectivity index (χ2v) is 4.94. The smallest absolute Gasteiger partial charge is 0.0136 e. The Labute approximate surface area is 89.1 Å². The van der Waals surface area contributed by atoms with Gasteiger partial charge in [0.2, 0.25) is 0 Å². The van der Waals surface area contributed by atoms with Crippen molar-refractivity contribution in [1.82, 2.24) is 10.2 Å². The molecule has 2 unspecified atom stereocenters. The Morgan fingerprint density at radius 3 is 2.43 bits per heavy atom. The molecule has 0 radical (unpaired) electrons. The van der Waals surface area contributed by atoms with Crippen LogP contribution in [0.3, 0.4) is 0 Å². The van der Waals surface area contributed by atoms with Crippen LogP contribution in [-0.4, -0.2) is 37.6 Å². The van der Waals surface area contributed by atoms with Gasteiger partial charge in [0.1, 0.15) is 0 Å². The summed E-state index contributed by atoms with van der Waals surface area (Å²) < 4.78 is 0. The van der Waals surface area contributed by atoms with Gasteiger partial charge in [-0.3, -0.25) is 0 Å². The summed E-state index contributed by atoms with van der Waals surface area (Å²) in [6.45, 7) is 10.6. The molecule has 1 rings (SSSR count). The van der Waals surface area contributed by atoms with Crippen molar-refractivity contribution >= 4 is 0 Å². The largest absolute Gasteiger partial charge is 0.319 e. The normalized spacial score (nSPS) is 27.0. The van der Waals surface area contributed by atoms with Crippen LogP contribution in [0.5, 0.6) is 0 Å². The fraction of sp³-hybridized carbons (Fsp3) is 1.00. The van der Waals surface area contributed by atoms with Crippen LogP contribution in [0.25, 0.3) is 0 Å². The maximum absolute atomic E-state index is 3.31. The SMILES string of the molecule is CCN(CC(C)C)C1CCC1CNC. The summed E-state index contributed by atoms with van der Waals surface area (Å²) in [5.74, 6) is 1.70. The highest BCUT2D eigenvalue weighted by Gasteiger charge is 2.34. The van der Waals surface area contributed by atoms with E-state index in [-0.39, 0.29) is 0 Å².